The number of aliphatic hydroxyl groups excluding tert-OH is 2. The molecule has 202 valence electrons. The highest BCUT2D eigenvalue weighted by Gasteiger charge is 2.39. The minimum Gasteiger partial charge on any atom is -0.390 e. The van der Waals surface area contributed by atoms with E-state index in [-0.39, 0.29) is 35.1 Å². The fourth-order valence-corrected chi connectivity index (χ4v) is 3.28. The van der Waals surface area contributed by atoms with Crippen molar-refractivity contribution in [1.29, 1.82) is 0 Å². The molecule has 2 unspecified atom stereocenters. The second-order valence-corrected chi connectivity index (χ2v) is 11.8. The quantitative estimate of drug-likeness (QED) is 0.192. The number of carbonyl (C=O) groups is 2. The average Bonchev–Trinajstić information content (AvgIpc) is 3.28. The largest absolute Gasteiger partial charge is 0.390 e. The van der Waals surface area contributed by atoms with Gasteiger partial charge in [-0.3, -0.25) is 9.59 Å². The second-order valence-electron chi connectivity index (χ2n) is 11.8. The second kappa shape index (κ2) is 12.3. The summed E-state index contributed by atoms with van der Waals surface area (Å²) < 4.78 is 0. The number of aromatic nitrogens is 2. The number of imidazole rings is 1. The fourth-order valence-electron chi connectivity index (χ4n) is 3.28. The smallest absolute Gasteiger partial charge is 0.251 e. The Morgan fingerprint density at radius 3 is 2.14 bits per heavy atom. The summed E-state index contributed by atoms with van der Waals surface area (Å²) in [6, 6.07) is 0. The molecule has 0 radical (unpaired) electrons. The van der Waals surface area contributed by atoms with Crippen molar-refractivity contribution in [3.8, 4) is 0 Å². The lowest BCUT2D eigenvalue weighted by Crippen LogP contribution is -2.57. The molecule has 0 bridgehead atoms. The molecular formula is C25H48N6O4. The van der Waals surface area contributed by atoms with Gasteiger partial charge in [-0.05, 0) is 52.0 Å². The van der Waals surface area contributed by atoms with Crippen molar-refractivity contribution >= 4 is 11.8 Å². The summed E-state index contributed by atoms with van der Waals surface area (Å²) >= 11 is 0. The van der Waals surface area contributed by atoms with Gasteiger partial charge in [-0.2, -0.15) is 0 Å². The predicted octanol–water partition coefficient (Wildman–Crippen LogP) is 1.06. The summed E-state index contributed by atoms with van der Waals surface area (Å²) in [4.78, 5) is 32.0. The Labute approximate surface area is 210 Å². The third-order valence-electron chi connectivity index (χ3n) is 7.90. The van der Waals surface area contributed by atoms with Crippen LogP contribution in [0.5, 0.6) is 0 Å². The van der Waals surface area contributed by atoms with Gasteiger partial charge >= 0.3 is 0 Å². The molecule has 0 saturated carbocycles. The number of rotatable bonds is 15. The van der Waals surface area contributed by atoms with E-state index in [1.807, 2.05) is 48.6 Å². The van der Waals surface area contributed by atoms with Crippen molar-refractivity contribution in [3.63, 3.8) is 0 Å². The molecule has 1 aromatic heterocycles. The molecule has 1 aromatic rings. The topological polar surface area (TPSA) is 151 Å². The Morgan fingerprint density at radius 1 is 1.00 bits per heavy atom. The van der Waals surface area contributed by atoms with E-state index in [2.05, 4.69) is 45.1 Å². The van der Waals surface area contributed by atoms with Crippen LogP contribution >= 0.6 is 0 Å². The number of aromatic amines is 1. The highest BCUT2D eigenvalue weighted by atomic mass is 16.3. The maximum atomic E-state index is 12.6. The van der Waals surface area contributed by atoms with Gasteiger partial charge < -0.3 is 36.5 Å². The number of aliphatic hydroxyl groups is 2. The van der Waals surface area contributed by atoms with E-state index in [0.717, 1.165) is 5.69 Å². The number of nitrogens with zero attached hydrogens (tertiary/aromatic N) is 1. The molecule has 0 spiro atoms. The highest BCUT2D eigenvalue weighted by molar-refractivity contribution is 5.81. The third kappa shape index (κ3) is 8.86. The molecule has 35 heavy (non-hydrogen) atoms. The van der Waals surface area contributed by atoms with Gasteiger partial charge in [-0.1, -0.05) is 27.7 Å². The molecule has 1 rings (SSSR count). The lowest BCUT2D eigenvalue weighted by atomic mass is 9.74. The molecule has 7 N–H and O–H groups in total. The number of H-pyrrole nitrogens is 1. The molecule has 2 atom stereocenters. The molecule has 0 aromatic carbocycles. The van der Waals surface area contributed by atoms with Gasteiger partial charge in [0.2, 0.25) is 5.91 Å². The third-order valence-corrected chi connectivity index (χ3v) is 7.90. The Bertz CT molecular complexity index is 805. The van der Waals surface area contributed by atoms with E-state index in [0.29, 0.717) is 19.6 Å². The Balaban J connectivity index is 2.51. The van der Waals surface area contributed by atoms with Gasteiger partial charge in [0.15, 0.2) is 6.10 Å². The van der Waals surface area contributed by atoms with Gasteiger partial charge in [0.05, 0.1) is 12.4 Å². The summed E-state index contributed by atoms with van der Waals surface area (Å²) in [6.45, 7) is 17.7. The molecule has 2 amide bonds. The van der Waals surface area contributed by atoms with Crippen LogP contribution in [-0.2, 0) is 16.1 Å². The first-order chi connectivity index (χ1) is 16.0. The van der Waals surface area contributed by atoms with Crippen molar-refractivity contribution < 1.29 is 19.8 Å². The summed E-state index contributed by atoms with van der Waals surface area (Å²) in [5.41, 5.74) is -0.398. The van der Waals surface area contributed by atoms with E-state index in [1.165, 1.54) is 0 Å². The summed E-state index contributed by atoms with van der Waals surface area (Å²) in [5, 5.41) is 32.9. The SMILES string of the molecule is CNC(C)(C)C(C)(C)CNC(=O)C(O)C(O)CCC(=O)NC(C)(C)C(C)(C)CNCc1cnc[nH]1. The number of nitrogens with one attached hydrogen (secondary N) is 5. The average molecular weight is 497 g/mol. The lowest BCUT2D eigenvalue weighted by Gasteiger charge is -2.42. The molecule has 1 heterocycles. The van der Waals surface area contributed by atoms with E-state index < -0.39 is 23.7 Å². The molecule has 0 aliphatic heterocycles. The molecule has 0 saturated heterocycles. The van der Waals surface area contributed by atoms with Crippen molar-refractivity contribution in [1.82, 2.24) is 31.2 Å². The van der Waals surface area contributed by atoms with Crippen LogP contribution in [0.3, 0.4) is 0 Å². The van der Waals surface area contributed by atoms with Crippen molar-refractivity contribution in [3.05, 3.63) is 18.2 Å². The van der Waals surface area contributed by atoms with E-state index in [1.54, 1.807) is 12.5 Å². The first-order valence-electron chi connectivity index (χ1n) is 12.3. The minimum absolute atomic E-state index is 0.00906. The highest BCUT2D eigenvalue weighted by Crippen LogP contribution is 2.30. The van der Waals surface area contributed by atoms with E-state index in [9.17, 15) is 19.8 Å². The van der Waals surface area contributed by atoms with Crippen molar-refractivity contribution in [2.24, 2.45) is 10.8 Å². The van der Waals surface area contributed by atoms with Gasteiger partial charge in [-0.25, -0.2) is 4.98 Å². The Hall–Kier alpha value is -2.01. The number of amides is 2. The first-order valence-corrected chi connectivity index (χ1v) is 12.3. The van der Waals surface area contributed by atoms with Crippen LogP contribution in [0, 0.1) is 10.8 Å². The summed E-state index contributed by atoms with van der Waals surface area (Å²) in [7, 11) is 1.85. The van der Waals surface area contributed by atoms with E-state index in [4.69, 9.17) is 0 Å². The van der Waals surface area contributed by atoms with Gasteiger partial charge in [0.25, 0.3) is 5.91 Å². The Kier molecular flexibility index (Phi) is 10.9. The van der Waals surface area contributed by atoms with Crippen LogP contribution in [0.4, 0.5) is 0 Å². The number of hydrogen-bond donors (Lipinski definition) is 7. The first kappa shape index (κ1) is 31.0. The van der Waals surface area contributed by atoms with Crippen LogP contribution in [0.25, 0.3) is 0 Å². The zero-order valence-corrected chi connectivity index (χ0v) is 23.0. The zero-order chi connectivity index (χ0) is 27.1. The maximum absolute atomic E-state index is 12.6. The number of hydrogen-bond acceptors (Lipinski definition) is 7. The number of carbonyl (C=O) groups excluding carboxylic acids is 2. The van der Waals surface area contributed by atoms with Crippen LogP contribution in [0.15, 0.2) is 12.5 Å². The van der Waals surface area contributed by atoms with Crippen molar-refractivity contribution in [2.75, 3.05) is 20.1 Å². The molecule has 0 fully saturated rings. The molecular weight excluding hydrogens is 448 g/mol. The predicted molar refractivity (Wildman–Crippen MR) is 137 cm³/mol. The van der Waals surface area contributed by atoms with Crippen molar-refractivity contribution in [2.45, 2.75) is 98.1 Å². The van der Waals surface area contributed by atoms with Gasteiger partial charge in [0, 0.05) is 49.0 Å². The molecule has 0 aliphatic carbocycles. The standard InChI is InChI=1S/C25H48N6O4/c1-22(2,14-27-12-17-13-28-16-30-17)25(7,8)31-19(33)11-10-18(32)20(34)21(35)29-15-23(3,4)24(5,6)26-9/h13,16,18,20,26-27,32,34H,10-12,14-15H2,1-9H3,(H,28,30)(H,29,35)(H,31,33). The summed E-state index contributed by atoms with van der Waals surface area (Å²) in [5.74, 6) is -0.900. The van der Waals surface area contributed by atoms with Crippen LogP contribution in [0.1, 0.15) is 73.9 Å². The molecule has 0 aliphatic rings. The zero-order valence-electron chi connectivity index (χ0n) is 23.0. The lowest BCUT2D eigenvalue weighted by molar-refractivity contribution is -0.137. The monoisotopic (exact) mass is 496 g/mol. The van der Waals surface area contributed by atoms with Crippen LogP contribution < -0.4 is 21.3 Å². The van der Waals surface area contributed by atoms with E-state index >= 15 is 0 Å². The minimum atomic E-state index is -1.60. The Morgan fingerprint density at radius 2 is 1.60 bits per heavy atom. The van der Waals surface area contributed by atoms with Gasteiger partial charge in [0.1, 0.15) is 0 Å². The van der Waals surface area contributed by atoms with Crippen LogP contribution in [-0.4, -0.2) is 75.4 Å². The summed E-state index contributed by atoms with van der Waals surface area (Å²) in [6.07, 6.45) is 0.412. The molecule has 10 nitrogen and oxygen atoms in total. The van der Waals surface area contributed by atoms with Crippen LogP contribution in [0.2, 0.25) is 0 Å². The molecule has 10 heteroatoms. The normalized spacial score (nSPS) is 14.9. The fraction of sp³-hybridized carbons (Fsp3) is 0.800. The maximum Gasteiger partial charge on any atom is 0.251 e. The van der Waals surface area contributed by atoms with Gasteiger partial charge in [-0.15, -0.1) is 0 Å².